The standard InChI is InChI=1S/C10H12ClN3S/c1-6(2)14-4-8(12)10(13-14)7-3-9(11)15-5-7/h3-6H,12H2,1-2H3. The Morgan fingerprint density at radius 3 is 2.73 bits per heavy atom. The molecule has 0 bridgehead atoms. The zero-order chi connectivity index (χ0) is 11.0. The van der Waals surface area contributed by atoms with E-state index in [4.69, 9.17) is 17.3 Å². The van der Waals surface area contributed by atoms with E-state index in [2.05, 4.69) is 18.9 Å². The Morgan fingerprint density at radius 2 is 2.27 bits per heavy atom. The highest BCUT2D eigenvalue weighted by Crippen LogP contribution is 2.31. The van der Waals surface area contributed by atoms with Gasteiger partial charge in [0.1, 0.15) is 5.69 Å². The molecular weight excluding hydrogens is 230 g/mol. The van der Waals surface area contributed by atoms with E-state index in [1.54, 1.807) is 0 Å². The van der Waals surface area contributed by atoms with Crippen LogP contribution in [0.25, 0.3) is 11.3 Å². The van der Waals surface area contributed by atoms with Gasteiger partial charge in [0.2, 0.25) is 0 Å². The van der Waals surface area contributed by atoms with E-state index < -0.39 is 0 Å². The molecule has 80 valence electrons. The van der Waals surface area contributed by atoms with E-state index in [0.29, 0.717) is 11.7 Å². The highest BCUT2D eigenvalue weighted by molar-refractivity contribution is 7.14. The van der Waals surface area contributed by atoms with Gasteiger partial charge in [-0.2, -0.15) is 5.10 Å². The Bertz CT molecular complexity index is 473. The third-order valence-corrected chi connectivity index (χ3v) is 3.22. The molecule has 0 atom stereocenters. The van der Waals surface area contributed by atoms with Crippen molar-refractivity contribution in [3.63, 3.8) is 0 Å². The number of thiophene rings is 1. The lowest BCUT2D eigenvalue weighted by Crippen LogP contribution is -2.00. The Morgan fingerprint density at radius 1 is 1.53 bits per heavy atom. The van der Waals surface area contributed by atoms with E-state index in [1.807, 2.05) is 22.3 Å². The molecule has 0 fully saturated rings. The van der Waals surface area contributed by atoms with Crippen LogP contribution in [0.3, 0.4) is 0 Å². The molecule has 2 aromatic rings. The summed E-state index contributed by atoms with van der Waals surface area (Å²) in [5.74, 6) is 0. The molecule has 0 saturated heterocycles. The third kappa shape index (κ3) is 2.01. The molecule has 2 rings (SSSR count). The fourth-order valence-corrected chi connectivity index (χ4v) is 2.19. The van der Waals surface area contributed by atoms with Gasteiger partial charge in [0.25, 0.3) is 0 Å². The van der Waals surface area contributed by atoms with E-state index in [9.17, 15) is 0 Å². The average molecular weight is 242 g/mol. The molecule has 0 amide bonds. The first-order chi connectivity index (χ1) is 7.08. The average Bonchev–Trinajstić information content (AvgIpc) is 2.71. The molecule has 5 heteroatoms. The Labute approximate surface area is 97.5 Å². The van der Waals surface area contributed by atoms with Crippen LogP contribution in [0.15, 0.2) is 17.6 Å². The van der Waals surface area contributed by atoms with Gasteiger partial charge in [-0.05, 0) is 19.9 Å². The van der Waals surface area contributed by atoms with Crippen LogP contribution in [-0.4, -0.2) is 9.78 Å². The van der Waals surface area contributed by atoms with Crippen LogP contribution in [0.2, 0.25) is 4.34 Å². The Balaban J connectivity index is 2.44. The molecule has 0 radical (unpaired) electrons. The van der Waals surface area contributed by atoms with E-state index in [0.717, 1.165) is 15.6 Å². The number of anilines is 1. The number of nitrogens with zero attached hydrogens (tertiary/aromatic N) is 2. The van der Waals surface area contributed by atoms with Gasteiger partial charge in [-0.25, -0.2) is 0 Å². The number of rotatable bonds is 2. The molecule has 0 aliphatic carbocycles. The van der Waals surface area contributed by atoms with Crippen molar-refractivity contribution >= 4 is 28.6 Å². The first-order valence-corrected chi connectivity index (χ1v) is 5.92. The molecule has 0 saturated carbocycles. The molecule has 2 N–H and O–H groups in total. The van der Waals surface area contributed by atoms with Crippen LogP contribution in [0.5, 0.6) is 0 Å². The number of nitrogen functional groups attached to an aromatic ring is 1. The number of hydrogen-bond acceptors (Lipinski definition) is 3. The Kier molecular flexibility index (Phi) is 2.71. The molecule has 0 aromatic carbocycles. The van der Waals surface area contributed by atoms with Gasteiger partial charge in [-0.1, -0.05) is 11.6 Å². The van der Waals surface area contributed by atoms with Gasteiger partial charge < -0.3 is 5.73 Å². The molecular formula is C10H12ClN3S. The van der Waals surface area contributed by atoms with Gasteiger partial charge in [0, 0.05) is 23.2 Å². The maximum absolute atomic E-state index is 5.90. The van der Waals surface area contributed by atoms with E-state index in [1.165, 1.54) is 11.3 Å². The van der Waals surface area contributed by atoms with Crippen molar-refractivity contribution in [1.82, 2.24) is 9.78 Å². The van der Waals surface area contributed by atoms with Crippen molar-refractivity contribution in [2.24, 2.45) is 0 Å². The molecule has 3 nitrogen and oxygen atoms in total. The van der Waals surface area contributed by atoms with Crippen LogP contribution < -0.4 is 5.73 Å². The number of halogens is 1. The molecule has 0 aliphatic heterocycles. The van der Waals surface area contributed by atoms with Crippen molar-refractivity contribution < 1.29 is 0 Å². The summed E-state index contributed by atoms with van der Waals surface area (Å²) in [7, 11) is 0. The number of nitrogens with two attached hydrogens (primary N) is 1. The summed E-state index contributed by atoms with van der Waals surface area (Å²) in [4.78, 5) is 0. The fraction of sp³-hybridized carbons (Fsp3) is 0.300. The van der Waals surface area contributed by atoms with Gasteiger partial charge in [0.05, 0.1) is 10.0 Å². The largest absolute Gasteiger partial charge is 0.396 e. The summed E-state index contributed by atoms with van der Waals surface area (Å²) in [6, 6.07) is 2.20. The summed E-state index contributed by atoms with van der Waals surface area (Å²) in [6.45, 7) is 4.13. The summed E-state index contributed by atoms with van der Waals surface area (Å²) in [5, 5.41) is 6.40. The smallest absolute Gasteiger partial charge is 0.116 e. The van der Waals surface area contributed by atoms with Gasteiger partial charge in [0.15, 0.2) is 0 Å². The summed E-state index contributed by atoms with van der Waals surface area (Å²) >= 11 is 7.36. The van der Waals surface area contributed by atoms with Crippen molar-refractivity contribution in [1.29, 1.82) is 0 Å². The maximum Gasteiger partial charge on any atom is 0.116 e. The van der Waals surface area contributed by atoms with Gasteiger partial charge in [-0.3, -0.25) is 4.68 Å². The molecule has 2 aromatic heterocycles. The maximum atomic E-state index is 5.90. The molecule has 0 spiro atoms. The zero-order valence-corrected chi connectivity index (χ0v) is 10.1. The number of aromatic nitrogens is 2. The predicted octanol–water partition coefficient (Wildman–Crippen LogP) is 3.43. The van der Waals surface area contributed by atoms with Crippen molar-refractivity contribution in [3.8, 4) is 11.3 Å². The SMILES string of the molecule is CC(C)n1cc(N)c(-c2csc(Cl)c2)n1. The van der Waals surface area contributed by atoms with Crippen LogP contribution in [-0.2, 0) is 0 Å². The minimum Gasteiger partial charge on any atom is -0.396 e. The fourth-order valence-electron chi connectivity index (χ4n) is 1.33. The van der Waals surface area contributed by atoms with Crippen LogP contribution in [0.1, 0.15) is 19.9 Å². The lowest BCUT2D eigenvalue weighted by Gasteiger charge is -2.02. The minimum absolute atomic E-state index is 0.315. The second kappa shape index (κ2) is 3.87. The monoisotopic (exact) mass is 241 g/mol. The normalized spacial score (nSPS) is 11.2. The second-order valence-electron chi connectivity index (χ2n) is 3.65. The summed E-state index contributed by atoms with van der Waals surface area (Å²) in [5.41, 5.74) is 8.39. The highest BCUT2D eigenvalue weighted by Gasteiger charge is 2.11. The first-order valence-electron chi connectivity index (χ1n) is 4.67. The quantitative estimate of drug-likeness (QED) is 0.876. The molecule has 0 aliphatic rings. The second-order valence-corrected chi connectivity index (χ2v) is 5.19. The van der Waals surface area contributed by atoms with Crippen LogP contribution in [0, 0.1) is 0 Å². The minimum atomic E-state index is 0.315. The van der Waals surface area contributed by atoms with Crippen molar-refractivity contribution in [3.05, 3.63) is 22.0 Å². The Hall–Kier alpha value is -1.00. The number of hydrogen-bond donors (Lipinski definition) is 1. The topological polar surface area (TPSA) is 43.8 Å². The van der Waals surface area contributed by atoms with Gasteiger partial charge >= 0.3 is 0 Å². The summed E-state index contributed by atoms with van der Waals surface area (Å²) < 4.78 is 2.61. The lowest BCUT2D eigenvalue weighted by atomic mass is 10.2. The van der Waals surface area contributed by atoms with Gasteiger partial charge in [-0.15, -0.1) is 11.3 Å². The highest BCUT2D eigenvalue weighted by atomic mass is 35.5. The van der Waals surface area contributed by atoms with Crippen LogP contribution in [0.4, 0.5) is 5.69 Å². The molecule has 2 heterocycles. The first kappa shape index (κ1) is 10.5. The summed E-state index contributed by atoms with van der Waals surface area (Å²) in [6.07, 6.45) is 1.85. The predicted molar refractivity (Wildman–Crippen MR) is 65.3 cm³/mol. The molecule has 15 heavy (non-hydrogen) atoms. The zero-order valence-electron chi connectivity index (χ0n) is 8.57. The molecule has 0 unspecified atom stereocenters. The van der Waals surface area contributed by atoms with E-state index in [-0.39, 0.29) is 0 Å². The van der Waals surface area contributed by atoms with E-state index >= 15 is 0 Å². The van der Waals surface area contributed by atoms with Crippen molar-refractivity contribution in [2.45, 2.75) is 19.9 Å². The lowest BCUT2D eigenvalue weighted by molar-refractivity contribution is 0.534. The van der Waals surface area contributed by atoms with Crippen LogP contribution >= 0.6 is 22.9 Å². The third-order valence-electron chi connectivity index (χ3n) is 2.13. The van der Waals surface area contributed by atoms with Crippen molar-refractivity contribution in [2.75, 3.05) is 5.73 Å².